The van der Waals surface area contributed by atoms with Gasteiger partial charge in [-0.05, 0) is 43.2 Å². The van der Waals surface area contributed by atoms with Gasteiger partial charge < -0.3 is 15.7 Å². The molecule has 0 atom stereocenters. The van der Waals surface area contributed by atoms with Crippen LogP contribution in [0.4, 0.5) is 23.3 Å². The van der Waals surface area contributed by atoms with Crippen LogP contribution in [0.25, 0.3) is 10.9 Å². The van der Waals surface area contributed by atoms with Gasteiger partial charge in [-0.3, -0.25) is 5.10 Å². The molecule has 0 amide bonds. The van der Waals surface area contributed by atoms with Crippen molar-refractivity contribution in [1.29, 1.82) is 0 Å². The molecule has 0 bridgehead atoms. The fraction of sp³-hybridized carbons (Fsp3) is 0.150. The van der Waals surface area contributed by atoms with Crippen LogP contribution >= 0.6 is 0 Å². The number of hydrogen-bond acceptors (Lipinski definition) is 6. The molecule has 136 valence electrons. The van der Waals surface area contributed by atoms with Crippen LogP contribution in [0, 0.1) is 6.92 Å². The Bertz CT molecular complexity index is 1070. The van der Waals surface area contributed by atoms with Crippen molar-refractivity contribution in [1.82, 2.24) is 20.2 Å². The lowest BCUT2D eigenvalue weighted by atomic mass is 10.1. The molecule has 0 spiro atoms. The van der Waals surface area contributed by atoms with E-state index in [0.717, 1.165) is 27.8 Å². The van der Waals surface area contributed by atoms with Crippen LogP contribution in [0.1, 0.15) is 11.3 Å². The molecule has 0 aliphatic carbocycles. The third-order valence-electron chi connectivity index (χ3n) is 4.14. The Morgan fingerprint density at radius 3 is 2.70 bits per heavy atom. The van der Waals surface area contributed by atoms with Crippen LogP contribution in [0.3, 0.4) is 0 Å². The number of nitrogens with one attached hydrogen (secondary N) is 3. The van der Waals surface area contributed by atoms with Crippen LogP contribution in [0.2, 0.25) is 0 Å². The van der Waals surface area contributed by atoms with Gasteiger partial charge in [-0.2, -0.15) is 10.1 Å². The van der Waals surface area contributed by atoms with Gasteiger partial charge in [0.25, 0.3) is 0 Å². The van der Waals surface area contributed by atoms with Crippen LogP contribution in [0.5, 0.6) is 0 Å². The first-order valence-corrected chi connectivity index (χ1v) is 8.74. The Kier molecular flexibility index (Phi) is 4.67. The molecule has 2 heterocycles. The van der Waals surface area contributed by atoms with Crippen LogP contribution in [-0.2, 0) is 6.42 Å². The number of para-hydroxylation sites is 1. The van der Waals surface area contributed by atoms with E-state index in [1.54, 1.807) is 0 Å². The number of benzene rings is 2. The molecule has 27 heavy (non-hydrogen) atoms. The Morgan fingerprint density at radius 2 is 1.89 bits per heavy atom. The monoisotopic (exact) mass is 360 g/mol. The maximum Gasteiger partial charge on any atom is 0.229 e. The number of aromatic amines is 1. The number of H-pyrrole nitrogens is 1. The van der Waals surface area contributed by atoms with Crippen molar-refractivity contribution < 1.29 is 5.11 Å². The summed E-state index contributed by atoms with van der Waals surface area (Å²) in [6.45, 7) is 2.07. The highest BCUT2D eigenvalue weighted by molar-refractivity contribution is 5.91. The molecule has 0 saturated heterocycles. The molecule has 4 N–H and O–H groups in total. The van der Waals surface area contributed by atoms with Gasteiger partial charge in [0.15, 0.2) is 5.82 Å². The Morgan fingerprint density at radius 1 is 1.00 bits per heavy atom. The van der Waals surface area contributed by atoms with E-state index in [0.29, 0.717) is 24.0 Å². The second kappa shape index (κ2) is 7.43. The lowest BCUT2D eigenvalue weighted by Crippen LogP contribution is -2.03. The van der Waals surface area contributed by atoms with E-state index in [-0.39, 0.29) is 6.61 Å². The lowest BCUT2D eigenvalue weighted by Gasteiger charge is -2.11. The van der Waals surface area contributed by atoms with Crippen LogP contribution in [-0.4, -0.2) is 31.9 Å². The largest absolute Gasteiger partial charge is 0.396 e. The second-order valence-electron chi connectivity index (χ2n) is 6.27. The van der Waals surface area contributed by atoms with Crippen LogP contribution < -0.4 is 10.6 Å². The number of rotatable bonds is 6. The number of nitrogens with zero attached hydrogens (tertiary/aromatic N) is 3. The first kappa shape index (κ1) is 17.0. The number of fused-ring (bicyclic) bond motifs is 1. The van der Waals surface area contributed by atoms with E-state index in [1.807, 2.05) is 61.5 Å². The summed E-state index contributed by atoms with van der Waals surface area (Å²) in [5.41, 5.74) is 3.72. The van der Waals surface area contributed by atoms with E-state index in [4.69, 9.17) is 5.11 Å². The summed E-state index contributed by atoms with van der Waals surface area (Å²) < 4.78 is 0. The van der Waals surface area contributed by atoms with Crippen molar-refractivity contribution in [3.05, 3.63) is 65.9 Å². The number of hydrogen-bond donors (Lipinski definition) is 4. The predicted octanol–water partition coefficient (Wildman–Crippen LogP) is 3.68. The van der Waals surface area contributed by atoms with Gasteiger partial charge in [-0.25, -0.2) is 4.98 Å². The summed E-state index contributed by atoms with van der Waals surface area (Å²) in [4.78, 5) is 9.25. The molecular formula is C20H20N6O. The maximum atomic E-state index is 9.14. The zero-order chi connectivity index (χ0) is 18.6. The Balaban J connectivity index is 1.69. The summed E-state index contributed by atoms with van der Waals surface area (Å²) in [7, 11) is 0. The molecular weight excluding hydrogens is 340 g/mol. The fourth-order valence-corrected chi connectivity index (χ4v) is 2.89. The zero-order valence-electron chi connectivity index (χ0n) is 14.9. The molecule has 0 aliphatic heterocycles. The summed E-state index contributed by atoms with van der Waals surface area (Å²) >= 11 is 0. The van der Waals surface area contributed by atoms with Crippen molar-refractivity contribution in [3.63, 3.8) is 0 Å². The van der Waals surface area contributed by atoms with E-state index < -0.39 is 0 Å². The molecule has 7 nitrogen and oxygen atoms in total. The lowest BCUT2D eigenvalue weighted by molar-refractivity contribution is 0.299. The molecule has 2 aromatic carbocycles. The molecule has 0 radical (unpaired) electrons. The molecule has 0 aliphatic rings. The number of aryl methyl sites for hydroxylation is 1. The van der Waals surface area contributed by atoms with Gasteiger partial charge in [0.2, 0.25) is 5.95 Å². The van der Waals surface area contributed by atoms with E-state index in [1.165, 1.54) is 0 Å². The first-order chi connectivity index (χ1) is 13.2. The summed E-state index contributed by atoms with van der Waals surface area (Å²) in [6.07, 6.45) is 0.611. The van der Waals surface area contributed by atoms with E-state index >= 15 is 0 Å². The SMILES string of the molecule is Cc1cc(Nc2nc(Nc3cccc(CCO)c3)nc3ccccc23)n[nH]1. The van der Waals surface area contributed by atoms with Gasteiger partial charge in [0, 0.05) is 29.4 Å². The third kappa shape index (κ3) is 3.88. The van der Waals surface area contributed by atoms with Gasteiger partial charge in [-0.15, -0.1) is 0 Å². The van der Waals surface area contributed by atoms with Crippen molar-refractivity contribution in [2.24, 2.45) is 0 Å². The van der Waals surface area contributed by atoms with Gasteiger partial charge in [-0.1, -0.05) is 24.3 Å². The summed E-state index contributed by atoms with van der Waals surface area (Å²) in [5, 5.41) is 23.7. The highest BCUT2D eigenvalue weighted by Gasteiger charge is 2.10. The molecule has 7 heteroatoms. The average molecular weight is 360 g/mol. The highest BCUT2D eigenvalue weighted by Crippen LogP contribution is 2.26. The average Bonchev–Trinajstić information content (AvgIpc) is 3.07. The Labute approximate surface area is 156 Å². The maximum absolute atomic E-state index is 9.14. The fourth-order valence-electron chi connectivity index (χ4n) is 2.89. The van der Waals surface area contributed by atoms with Crippen molar-refractivity contribution in [3.8, 4) is 0 Å². The standard InChI is InChI=1S/C20H20N6O/c1-13-11-18(26-25-13)23-19-16-7-2-3-8-17(16)22-20(24-19)21-15-6-4-5-14(12-15)9-10-27/h2-8,11-12,27H,9-10H2,1H3,(H3,21,22,23,24,25,26). The number of anilines is 4. The Hall–Kier alpha value is -3.45. The molecule has 0 fully saturated rings. The van der Waals surface area contributed by atoms with Crippen molar-refractivity contribution >= 4 is 34.2 Å². The molecule has 2 aromatic heterocycles. The second-order valence-corrected chi connectivity index (χ2v) is 6.27. The minimum atomic E-state index is 0.118. The zero-order valence-corrected chi connectivity index (χ0v) is 14.9. The number of aromatic nitrogens is 4. The smallest absolute Gasteiger partial charge is 0.229 e. The molecule has 4 aromatic rings. The minimum absolute atomic E-state index is 0.118. The third-order valence-corrected chi connectivity index (χ3v) is 4.14. The van der Waals surface area contributed by atoms with Crippen LogP contribution in [0.15, 0.2) is 54.6 Å². The number of aliphatic hydroxyl groups excluding tert-OH is 1. The summed E-state index contributed by atoms with van der Waals surface area (Å²) in [5.74, 6) is 1.87. The normalized spacial score (nSPS) is 10.9. The van der Waals surface area contributed by atoms with E-state index in [2.05, 4.69) is 30.8 Å². The van der Waals surface area contributed by atoms with Gasteiger partial charge >= 0.3 is 0 Å². The van der Waals surface area contributed by atoms with Gasteiger partial charge in [0.05, 0.1) is 5.52 Å². The van der Waals surface area contributed by atoms with Crippen molar-refractivity contribution in [2.75, 3.05) is 17.2 Å². The molecule has 4 rings (SSSR count). The summed E-state index contributed by atoms with van der Waals surface area (Å²) in [6, 6.07) is 17.6. The van der Waals surface area contributed by atoms with E-state index in [9.17, 15) is 0 Å². The van der Waals surface area contributed by atoms with Crippen molar-refractivity contribution in [2.45, 2.75) is 13.3 Å². The molecule has 0 saturated carbocycles. The van der Waals surface area contributed by atoms with Gasteiger partial charge in [0.1, 0.15) is 5.82 Å². The molecule has 0 unspecified atom stereocenters. The minimum Gasteiger partial charge on any atom is -0.396 e. The number of aliphatic hydroxyl groups is 1. The predicted molar refractivity (Wildman–Crippen MR) is 107 cm³/mol. The highest BCUT2D eigenvalue weighted by atomic mass is 16.2. The quantitative estimate of drug-likeness (QED) is 0.419. The topological polar surface area (TPSA) is 98.8 Å². The first-order valence-electron chi connectivity index (χ1n) is 8.74.